The van der Waals surface area contributed by atoms with Gasteiger partial charge in [-0.3, -0.25) is 4.79 Å². The third-order valence-electron chi connectivity index (χ3n) is 2.40. The minimum absolute atomic E-state index is 0.216. The average molecular weight is 280 g/mol. The highest BCUT2D eigenvalue weighted by atomic mass is 79.9. The van der Waals surface area contributed by atoms with E-state index >= 15 is 0 Å². The Bertz CT molecular complexity index is 181. The van der Waals surface area contributed by atoms with Crippen LogP contribution in [0, 0.1) is 5.92 Å². The maximum absolute atomic E-state index is 11.5. The van der Waals surface area contributed by atoms with Crippen LogP contribution in [0.2, 0.25) is 0 Å². The smallest absolute Gasteiger partial charge is 0.220 e. The lowest BCUT2D eigenvalue weighted by Crippen LogP contribution is -2.30. The summed E-state index contributed by atoms with van der Waals surface area (Å²) in [7, 11) is 0. The number of hydrogen-bond acceptors (Lipinski definition) is 2. The van der Waals surface area contributed by atoms with E-state index in [-0.39, 0.29) is 5.91 Å². The van der Waals surface area contributed by atoms with Gasteiger partial charge in [0.25, 0.3) is 0 Å². The second kappa shape index (κ2) is 6.72. The molecule has 1 amide bonds. The monoisotopic (exact) mass is 279 g/mol. The Morgan fingerprint density at radius 2 is 2.21 bits per heavy atom. The molecule has 0 aromatic rings. The molecule has 0 aromatic carbocycles. The number of carbonyl (C=O) groups excluding carboxylic acids is 1. The molecule has 1 heterocycles. The van der Waals surface area contributed by atoms with Gasteiger partial charge in [-0.25, -0.2) is 0 Å². The van der Waals surface area contributed by atoms with Crippen molar-refractivity contribution in [2.24, 2.45) is 5.92 Å². The van der Waals surface area contributed by atoms with E-state index in [1.807, 2.05) is 18.7 Å². The van der Waals surface area contributed by atoms with Gasteiger partial charge >= 0.3 is 0 Å². The summed E-state index contributed by atoms with van der Waals surface area (Å²) >= 11 is 5.41. The number of carbonyl (C=O) groups is 1. The normalized spacial score (nSPS) is 20.4. The lowest BCUT2D eigenvalue weighted by molar-refractivity contribution is -0.122. The summed E-state index contributed by atoms with van der Waals surface area (Å²) in [6, 6.07) is 0. The quantitative estimate of drug-likeness (QED) is 0.801. The summed E-state index contributed by atoms with van der Waals surface area (Å²) in [5.74, 6) is 3.30. The first-order chi connectivity index (χ1) is 6.68. The van der Waals surface area contributed by atoms with Crippen LogP contribution < -0.4 is 5.32 Å². The Balaban J connectivity index is 2.12. The van der Waals surface area contributed by atoms with Crippen molar-refractivity contribution < 1.29 is 4.79 Å². The number of amides is 1. The van der Waals surface area contributed by atoms with Crippen molar-refractivity contribution in [3.8, 4) is 0 Å². The van der Waals surface area contributed by atoms with E-state index in [0.29, 0.717) is 10.7 Å². The molecule has 1 atom stereocenters. The molecule has 1 rings (SSSR count). The zero-order chi connectivity index (χ0) is 10.4. The van der Waals surface area contributed by atoms with Gasteiger partial charge in [0, 0.05) is 17.8 Å². The van der Waals surface area contributed by atoms with Crippen molar-refractivity contribution in [2.45, 2.75) is 31.0 Å². The van der Waals surface area contributed by atoms with Crippen LogP contribution in [-0.2, 0) is 4.79 Å². The van der Waals surface area contributed by atoms with Crippen LogP contribution in [0.25, 0.3) is 0 Å². The second-order valence-corrected chi connectivity index (χ2v) is 6.63. The average Bonchev–Trinajstić information content (AvgIpc) is 2.16. The van der Waals surface area contributed by atoms with E-state index in [2.05, 4.69) is 21.2 Å². The summed E-state index contributed by atoms with van der Waals surface area (Å²) in [5.41, 5.74) is 0. The highest BCUT2D eigenvalue weighted by Gasteiger charge is 2.16. The van der Waals surface area contributed by atoms with Crippen LogP contribution in [0.5, 0.6) is 0 Å². The van der Waals surface area contributed by atoms with Gasteiger partial charge in [-0.05, 0) is 30.3 Å². The molecule has 82 valence electrons. The summed E-state index contributed by atoms with van der Waals surface area (Å²) < 4.78 is 0. The number of nitrogens with one attached hydrogen (secondary N) is 1. The first-order valence-corrected chi connectivity index (χ1v) is 7.24. The van der Waals surface area contributed by atoms with Crippen LogP contribution in [0.1, 0.15) is 26.2 Å². The Labute approximate surface area is 98.7 Å². The minimum atomic E-state index is 0.216. The first kappa shape index (κ1) is 12.4. The van der Waals surface area contributed by atoms with Crippen molar-refractivity contribution >= 4 is 33.6 Å². The SMILES string of the molecule is CC(Br)CNC(=O)CC1CCSCC1. The van der Waals surface area contributed by atoms with Crippen LogP contribution in [0.4, 0.5) is 0 Å². The molecule has 0 saturated carbocycles. The Morgan fingerprint density at radius 1 is 1.57 bits per heavy atom. The van der Waals surface area contributed by atoms with E-state index in [4.69, 9.17) is 0 Å². The molecule has 4 heteroatoms. The highest BCUT2D eigenvalue weighted by Crippen LogP contribution is 2.24. The Morgan fingerprint density at radius 3 is 2.79 bits per heavy atom. The number of hydrogen-bond donors (Lipinski definition) is 1. The van der Waals surface area contributed by atoms with Crippen molar-refractivity contribution in [3.63, 3.8) is 0 Å². The zero-order valence-corrected chi connectivity index (χ0v) is 11.0. The van der Waals surface area contributed by atoms with Gasteiger partial charge in [0.05, 0.1) is 0 Å². The van der Waals surface area contributed by atoms with Gasteiger partial charge in [-0.15, -0.1) is 0 Å². The molecule has 1 saturated heterocycles. The number of alkyl halides is 1. The lowest BCUT2D eigenvalue weighted by atomic mass is 9.98. The largest absolute Gasteiger partial charge is 0.355 e. The van der Waals surface area contributed by atoms with Crippen molar-refractivity contribution in [1.29, 1.82) is 0 Å². The molecule has 14 heavy (non-hydrogen) atoms. The summed E-state index contributed by atoms with van der Waals surface area (Å²) in [6.07, 6.45) is 3.14. The molecular weight excluding hydrogens is 262 g/mol. The molecule has 1 N–H and O–H groups in total. The molecule has 0 bridgehead atoms. The van der Waals surface area contributed by atoms with E-state index < -0.39 is 0 Å². The number of thioether (sulfide) groups is 1. The predicted molar refractivity (Wildman–Crippen MR) is 66.1 cm³/mol. The van der Waals surface area contributed by atoms with Crippen molar-refractivity contribution in [2.75, 3.05) is 18.1 Å². The predicted octanol–water partition coefficient (Wildman–Crippen LogP) is 2.42. The molecule has 1 unspecified atom stereocenters. The molecule has 0 spiro atoms. The van der Waals surface area contributed by atoms with Gasteiger partial charge in [0.2, 0.25) is 5.91 Å². The molecular formula is C10H18BrNOS. The van der Waals surface area contributed by atoms with Gasteiger partial charge in [-0.2, -0.15) is 11.8 Å². The Hall–Kier alpha value is 0.300. The summed E-state index contributed by atoms with van der Waals surface area (Å²) in [4.78, 5) is 11.8. The van der Waals surface area contributed by atoms with E-state index in [1.165, 1.54) is 24.3 Å². The molecule has 1 aliphatic heterocycles. The molecule has 0 aromatic heterocycles. The van der Waals surface area contributed by atoms with Gasteiger partial charge < -0.3 is 5.32 Å². The first-order valence-electron chi connectivity index (χ1n) is 5.17. The van der Waals surface area contributed by atoms with Gasteiger partial charge in [0.15, 0.2) is 0 Å². The topological polar surface area (TPSA) is 29.1 Å². The Kier molecular flexibility index (Phi) is 5.94. The minimum Gasteiger partial charge on any atom is -0.355 e. The van der Waals surface area contributed by atoms with E-state index in [0.717, 1.165) is 13.0 Å². The highest BCUT2D eigenvalue weighted by molar-refractivity contribution is 9.09. The third kappa shape index (κ3) is 5.25. The molecule has 0 radical (unpaired) electrons. The fraction of sp³-hybridized carbons (Fsp3) is 0.900. The fourth-order valence-corrected chi connectivity index (χ4v) is 2.91. The van der Waals surface area contributed by atoms with Crippen molar-refractivity contribution in [3.05, 3.63) is 0 Å². The fourth-order valence-electron chi connectivity index (χ4n) is 1.54. The number of halogens is 1. The van der Waals surface area contributed by atoms with E-state index in [1.54, 1.807) is 0 Å². The molecule has 2 nitrogen and oxygen atoms in total. The molecule has 0 aliphatic carbocycles. The lowest BCUT2D eigenvalue weighted by Gasteiger charge is -2.20. The van der Waals surface area contributed by atoms with Gasteiger partial charge in [0.1, 0.15) is 0 Å². The van der Waals surface area contributed by atoms with Crippen LogP contribution >= 0.6 is 27.7 Å². The van der Waals surface area contributed by atoms with E-state index in [9.17, 15) is 4.79 Å². The van der Waals surface area contributed by atoms with Crippen LogP contribution in [0.15, 0.2) is 0 Å². The second-order valence-electron chi connectivity index (χ2n) is 3.84. The third-order valence-corrected chi connectivity index (χ3v) is 3.77. The summed E-state index contributed by atoms with van der Waals surface area (Å²) in [6.45, 7) is 2.78. The van der Waals surface area contributed by atoms with Crippen molar-refractivity contribution in [1.82, 2.24) is 5.32 Å². The summed E-state index contributed by atoms with van der Waals surface area (Å²) in [5, 5.41) is 2.94. The maximum atomic E-state index is 11.5. The van der Waals surface area contributed by atoms with Gasteiger partial charge in [-0.1, -0.05) is 22.9 Å². The molecule has 1 fully saturated rings. The number of rotatable bonds is 4. The van der Waals surface area contributed by atoms with Crippen LogP contribution in [0.3, 0.4) is 0 Å². The van der Waals surface area contributed by atoms with Crippen LogP contribution in [-0.4, -0.2) is 28.8 Å². The molecule has 1 aliphatic rings. The standard InChI is InChI=1S/C10H18BrNOS/c1-8(11)7-12-10(13)6-9-2-4-14-5-3-9/h8-9H,2-7H2,1H3,(H,12,13). The zero-order valence-electron chi connectivity index (χ0n) is 8.59. The maximum Gasteiger partial charge on any atom is 0.220 e.